The monoisotopic (exact) mass is 560 g/mol. The van der Waals surface area contributed by atoms with E-state index in [9.17, 15) is 4.39 Å². The molecular weight excluding hydrogens is 526 g/mol. The average Bonchev–Trinajstić information content (AvgIpc) is 3.42. The summed E-state index contributed by atoms with van der Waals surface area (Å²) in [6, 6.07) is 7.10. The zero-order chi connectivity index (χ0) is 21.6. The van der Waals surface area contributed by atoms with E-state index in [1.54, 1.807) is 30.9 Å². The lowest BCUT2D eigenvalue weighted by atomic mass is 9.95. The van der Waals surface area contributed by atoms with E-state index in [2.05, 4.69) is 44.2 Å². The van der Waals surface area contributed by atoms with Crippen LogP contribution in [0.1, 0.15) is 44.5 Å². The van der Waals surface area contributed by atoms with Crippen molar-refractivity contribution < 1.29 is 4.39 Å². The summed E-state index contributed by atoms with van der Waals surface area (Å²) in [6.07, 6.45) is 5.84. The summed E-state index contributed by atoms with van der Waals surface area (Å²) < 4.78 is 16.4. The molecule has 1 aromatic heterocycles. The molecule has 1 aromatic carbocycles. The summed E-state index contributed by atoms with van der Waals surface area (Å²) in [5.41, 5.74) is 0.701. The molecule has 0 saturated heterocycles. The summed E-state index contributed by atoms with van der Waals surface area (Å²) in [5.74, 6) is 2.23. The lowest BCUT2D eigenvalue weighted by molar-refractivity contribution is 0.477. The van der Waals surface area contributed by atoms with Crippen molar-refractivity contribution in [3.63, 3.8) is 0 Å². The van der Waals surface area contributed by atoms with Crippen LogP contribution in [0.3, 0.4) is 0 Å². The Labute approximate surface area is 206 Å². The molecule has 1 aliphatic carbocycles. The number of nitrogens with one attached hydrogen (secondary N) is 2. The van der Waals surface area contributed by atoms with Crippen LogP contribution in [-0.4, -0.2) is 47.1 Å². The smallest absolute Gasteiger partial charge is 0.191 e. The van der Waals surface area contributed by atoms with Crippen molar-refractivity contribution in [2.24, 2.45) is 10.9 Å². The predicted octanol–water partition coefficient (Wildman–Crippen LogP) is 4.24. The number of hydrogen-bond acceptors (Lipinski definition) is 4. The molecule has 0 unspecified atom stereocenters. The van der Waals surface area contributed by atoms with Crippen LogP contribution in [0.2, 0.25) is 0 Å². The minimum Gasteiger partial charge on any atom is -0.356 e. The number of rotatable bonds is 10. The topological polar surface area (TPSA) is 67.1 Å². The normalized spacial score (nSPS) is 15.0. The fourth-order valence-electron chi connectivity index (χ4n) is 3.71. The third-order valence-corrected chi connectivity index (χ3v) is 6.18. The van der Waals surface area contributed by atoms with Crippen LogP contribution in [0, 0.1) is 11.7 Å². The first-order valence-electron chi connectivity index (χ1n) is 10.6. The molecule has 3 rings (SSSR count). The average molecular weight is 561 g/mol. The Kier molecular flexibility index (Phi) is 10.1. The Hall–Kier alpha value is -1.36. The van der Waals surface area contributed by atoms with Gasteiger partial charge in [0.15, 0.2) is 11.1 Å². The fraction of sp³-hybridized carbons (Fsp3) is 0.591. The molecule has 2 N–H and O–H groups in total. The second-order valence-corrected chi connectivity index (χ2v) is 9.10. The molecule has 1 fully saturated rings. The van der Waals surface area contributed by atoms with Gasteiger partial charge in [-0.2, -0.15) is 0 Å². The molecule has 6 nitrogen and oxygen atoms in total. The molecule has 0 aliphatic heterocycles. The molecule has 0 atom stereocenters. The number of aliphatic imine (C=N–C) groups is 1. The van der Waals surface area contributed by atoms with Crippen molar-refractivity contribution in [2.75, 3.05) is 26.4 Å². The van der Waals surface area contributed by atoms with E-state index < -0.39 is 0 Å². The Morgan fingerprint density at radius 2 is 2.00 bits per heavy atom. The first-order valence-corrected chi connectivity index (χ1v) is 11.9. The number of hydrogen-bond donors (Lipinski definition) is 2. The number of guanidine groups is 1. The van der Waals surface area contributed by atoms with Gasteiger partial charge in [-0.1, -0.05) is 43.8 Å². The molecule has 1 saturated carbocycles. The van der Waals surface area contributed by atoms with Crippen LogP contribution < -0.4 is 10.6 Å². The van der Waals surface area contributed by atoms with Gasteiger partial charge >= 0.3 is 0 Å². The SMILES string of the molecule is CN=C(NCCCc1nnc(SC)n1CC(C)C)NCC1(c2ccccc2F)CC1.I. The second-order valence-electron chi connectivity index (χ2n) is 8.32. The van der Waals surface area contributed by atoms with Crippen molar-refractivity contribution in [3.8, 4) is 0 Å². The molecular formula is C22H34FIN6S. The third kappa shape index (κ3) is 6.81. The van der Waals surface area contributed by atoms with E-state index in [-0.39, 0.29) is 35.2 Å². The van der Waals surface area contributed by atoms with Crippen molar-refractivity contribution >= 4 is 41.7 Å². The van der Waals surface area contributed by atoms with Crippen LogP contribution in [0.25, 0.3) is 0 Å². The van der Waals surface area contributed by atoms with Gasteiger partial charge in [0.1, 0.15) is 11.6 Å². The zero-order valence-corrected chi connectivity index (χ0v) is 22.0. The van der Waals surface area contributed by atoms with E-state index in [0.29, 0.717) is 12.5 Å². The number of thioether (sulfide) groups is 1. The quantitative estimate of drug-likeness (QED) is 0.150. The highest BCUT2D eigenvalue weighted by Gasteiger charge is 2.45. The summed E-state index contributed by atoms with van der Waals surface area (Å²) in [6.45, 7) is 6.83. The Balaban J connectivity index is 0.00000341. The number of aryl methyl sites for hydroxylation is 1. The maximum Gasteiger partial charge on any atom is 0.191 e. The molecule has 1 aliphatic rings. The minimum atomic E-state index is -0.116. The van der Waals surface area contributed by atoms with Crippen molar-refractivity contribution in [2.45, 2.75) is 56.6 Å². The maximum atomic E-state index is 14.2. The molecule has 0 radical (unpaired) electrons. The van der Waals surface area contributed by atoms with Crippen LogP contribution >= 0.6 is 35.7 Å². The molecule has 31 heavy (non-hydrogen) atoms. The van der Waals surface area contributed by atoms with Crippen LogP contribution in [0.5, 0.6) is 0 Å². The summed E-state index contributed by atoms with van der Waals surface area (Å²) >= 11 is 1.64. The molecule has 2 aromatic rings. The van der Waals surface area contributed by atoms with Crippen molar-refractivity contribution in [1.82, 2.24) is 25.4 Å². The minimum absolute atomic E-state index is 0. The van der Waals surface area contributed by atoms with Gasteiger partial charge in [-0.15, -0.1) is 34.2 Å². The van der Waals surface area contributed by atoms with E-state index in [1.165, 1.54) is 0 Å². The van der Waals surface area contributed by atoms with Gasteiger partial charge in [-0.05, 0) is 43.1 Å². The summed E-state index contributed by atoms with van der Waals surface area (Å²) in [7, 11) is 1.77. The standard InChI is InChI=1S/C22H33FN6S.HI/c1-16(2)14-29-19(27-28-21(29)30-4)10-7-13-25-20(24-3)26-15-22(11-12-22)17-8-5-6-9-18(17)23;/h5-6,8-9,16H,7,10-15H2,1-4H3,(H2,24,25,26);1H. The second kappa shape index (κ2) is 12.0. The lowest BCUT2D eigenvalue weighted by Crippen LogP contribution is -2.41. The van der Waals surface area contributed by atoms with Gasteiger partial charge in [0.2, 0.25) is 0 Å². The van der Waals surface area contributed by atoms with Gasteiger partial charge in [0, 0.05) is 38.5 Å². The van der Waals surface area contributed by atoms with Gasteiger partial charge in [0.05, 0.1) is 0 Å². The first kappa shape index (κ1) is 25.9. The molecule has 0 amide bonds. The molecule has 0 spiro atoms. The van der Waals surface area contributed by atoms with Gasteiger partial charge in [-0.3, -0.25) is 4.99 Å². The largest absolute Gasteiger partial charge is 0.356 e. The first-order chi connectivity index (χ1) is 14.5. The zero-order valence-electron chi connectivity index (χ0n) is 18.8. The van der Waals surface area contributed by atoms with Crippen LogP contribution in [-0.2, 0) is 18.4 Å². The van der Waals surface area contributed by atoms with Gasteiger partial charge in [-0.25, -0.2) is 4.39 Å². The van der Waals surface area contributed by atoms with Gasteiger partial charge in [0.25, 0.3) is 0 Å². The highest BCUT2D eigenvalue weighted by atomic mass is 127. The summed E-state index contributed by atoms with van der Waals surface area (Å²) in [5, 5.41) is 16.4. The summed E-state index contributed by atoms with van der Waals surface area (Å²) in [4.78, 5) is 4.32. The molecule has 9 heteroatoms. The highest BCUT2D eigenvalue weighted by Crippen LogP contribution is 2.48. The van der Waals surface area contributed by atoms with Gasteiger partial charge < -0.3 is 15.2 Å². The number of halogens is 2. The Morgan fingerprint density at radius 1 is 1.26 bits per heavy atom. The van der Waals surface area contributed by atoms with E-state index in [4.69, 9.17) is 0 Å². The molecule has 1 heterocycles. The fourth-order valence-corrected chi connectivity index (χ4v) is 4.24. The molecule has 0 bridgehead atoms. The number of benzene rings is 1. The van der Waals surface area contributed by atoms with E-state index in [0.717, 1.165) is 61.3 Å². The Bertz CT molecular complexity index is 865. The highest BCUT2D eigenvalue weighted by molar-refractivity contribution is 14.0. The van der Waals surface area contributed by atoms with Crippen molar-refractivity contribution in [3.05, 3.63) is 41.5 Å². The number of nitrogens with zero attached hydrogens (tertiary/aromatic N) is 4. The van der Waals surface area contributed by atoms with Crippen LogP contribution in [0.15, 0.2) is 34.4 Å². The Morgan fingerprint density at radius 3 is 2.61 bits per heavy atom. The van der Waals surface area contributed by atoms with Crippen molar-refractivity contribution in [1.29, 1.82) is 0 Å². The van der Waals surface area contributed by atoms with E-state index >= 15 is 0 Å². The number of aromatic nitrogens is 3. The third-order valence-electron chi connectivity index (χ3n) is 5.51. The predicted molar refractivity (Wildman–Crippen MR) is 137 cm³/mol. The van der Waals surface area contributed by atoms with Crippen LogP contribution in [0.4, 0.5) is 4.39 Å². The van der Waals surface area contributed by atoms with E-state index in [1.807, 2.05) is 18.4 Å². The molecule has 172 valence electrons. The maximum absolute atomic E-state index is 14.2. The lowest BCUT2D eigenvalue weighted by Gasteiger charge is -2.19.